The van der Waals surface area contributed by atoms with E-state index in [-0.39, 0.29) is 18.2 Å². The largest absolute Gasteiger partial charge is 0.455 e. The van der Waals surface area contributed by atoms with Crippen molar-refractivity contribution in [3.63, 3.8) is 0 Å². The third-order valence-corrected chi connectivity index (χ3v) is 7.78. The first-order chi connectivity index (χ1) is 19.5. The van der Waals surface area contributed by atoms with Gasteiger partial charge in [0.25, 0.3) is 0 Å². The van der Waals surface area contributed by atoms with Crippen LogP contribution >= 0.6 is 23.4 Å². The van der Waals surface area contributed by atoms with Crippen LogP contribution in [0.4, 0.5) is 5.69 Å². The highest BCUT2D eigenvalue weighted by molar-refractivity contribution is 8.15. The number of furan rings is 1. The third-order valence-electron chi connectivity index (χ3n) is 6.29. The van der Waals surface area contributed by atoms with Crippen molar-refractivity contribution in [2.24, 2.45) is 10.2 Å². The summed E-state index contributed by atoms with van der Waals surface area (Å²) in [6.07, 6.45) is 2.17. The van der Waals surface area contributed by atoms with Gasteiger partial charge in [-0.05, 0) is 55.3 Å². The van der Waals surface area contributed by atoms with Crippen LogP contribution in [0.5, 0.6) is 0 Å². The van der Waals surface area contributed by atoms with Crippen molar-refractivity contribution in [1.82, 2.24) is 4.90 Å². The molecule has 0 radical (unpaired) electrons. The van der Waals surface area contributed by atoms with Crippen molar-refractivity contribution in [2.45, 2.75) is 25.0 Å². The van der Waals surface area contributed by atoms with Crippen LogP contribution in [-0.4, -0.2) is 39.9 Å². The average molecular weight is 571 g/mol. The van der Waals surface area contributed by atoms with Gasteiger partial charge in [-0.3, -0.25) is 14.5 Å². The highest BCUT2D eigenvalue weighted by atomic mass is 35.5. The molecule has 5 rings (SSSR count). The second-order valence-electron chi connectivity index (χ2n) is 9.26. The summed E-state index contributed by atoms with van der Waals surface area (Å²) in [6, 6.07) is 28.5. The lowest BCUT2D eigenvalue weighted by Gasteiger charge is -2.15. The van der Waals surface area contributed by atoms with E-state index in [0.717, 1.165) is 16.7 Å². The van der Waals surface area contributed by atoms with Crippen LogP contribution in [0.3, 0.4) is 0 Å². The molecule has 1 unspecified atom stereocenters. The quantitative estimate of drug-likeness (QED) is 0.177. The molecule has 0 spiro atoms. The number of anilines is 1. The van der Waals surface area contributed by atoms with Crippen LogP contribution in [-0.2, 0) is 16.0 Å². The summed E-state index contributed by atoms with van der Waals surface area (Å²) in [4.78, 5) is 27.7. The number of amides is 2. The molecule has 2 amide bonds. The van der Waals surface area contributed by atoms with Crippen LogP contribution in [0, 0.1) is 6.92 Å². The maximum absolute atomic E-state index is 13.4. The summed E-state index contributed by atoms with van der Waals surface area (Å²) in [5, 5.41) is 11.9. The SMILES string of the molecule is Cc1ccc(NC(=O)CC2S/C(=N\N=C\c3ccc(-c4ccccc4Cl)o3)N(CCc3ccccc3)C2=O)cc1. The monoisotopic (exact) mass is 570 g/mol. The molecule has 1 aliphatic rings. The molecule has 1 N–H and O–H groups in total. The van der Waals surface area contributed by atoms with Crippen molar-refractivity contribution < 1.29 is 14.0 Å². The maximum atomic E-state index is 13.4. The lowest BCUT2D eigenvalue weighted by molar-refractivity contribution is -0.128. The molecule has 4 aromatic rings. The van der Waals surface area contributed by atoms with Gasteiger partial charge in [-0.1, -0.05) is 83.5 Å². The predicted molar refractivity (Wildman–Crippen MR) is 162 cm³/mol. The van der Waals surface area contributed by atoms with Crippen molar-refractivity contribution in [3.05, 3.63) is 113 Å². The van der Waals surface area contributed by atoms with Gasteiger partial charge in [0.1, 0.15) is 16.8 Å². The summed E-state index contributed by atoms with van der Waals surface area (Å²) in [7, 11) is 0. The zero-order chi connectivity index (χ0) is 27.9. The minimum Gasteiger partial charge on any atom is -0.455 e. The number of amidine groups is 1. The van der Waals surface area contributed by atoms with E-state index in [9.17, 15) is 9.59 Å². The Balaban J connectivity index is 1.30. The van der Waals surface area contributed by atoms with Crippen molar-refractivity contribution in [3.8, 4) is 11.3 Å². The van der Waals surface area contributed by atoms with E-state index in [0.29, 0.717) is 40.4 Å². The Labute approximate surface area is 241 Å². The predicted octanol–water partition coefficient (Wildman–Crippen LogP) is 6.81. The van der Waals surface area contributed by atoms with Crippen molar-refractivity contribution >= 4 is 52.2 Å². The number of halogens is 1. The normalized spacial score (nSPS) is 16.2. The van der Waals surface area contributed by atoms with Gasteiger partial charge in [0, 0.05) is 24.2 Å². The van der Waals surface area contributed by atoms with E-state index >= 15 is 0 Å². The van der Waals surface area contributed by atoms with Gasteiger partial charge >= 0.3 is 0 Å². The number of nitrogens with one attached hydrogen (secondary N) is 1. The molecule has 1 fully saturated rings. The number of nitrogens with zero attached hydrogens (tertiary/aromatic N) is 3. The second kappa shape index (κ2) is 12.8. The fourth-order valence-electron chi connectivity index (χ4n) is 4.19. The van der Waals surface area contributed by atoms with Crippen molar-refractivity contribution in [1.29, 1.82) is 0 Å². The molecule has 1 aliphatic heterocycles. The number of rotatable bonds is 9. The van der Waals surface area contributed by atoms with Gasteiger partial charge in [0.15, 0.2) is 5.17 Å². The summed E-state index contributed by atoms with van der Waals surface area (Å²) >= 11 is 7.53. The summed E-state index contributed by atoms with van der Waals surface area (Å²) in [5.74, 6) is 0.728. The van der Waals surface area contributed by atoms with E-state index < -0.39 is 5.25 Å². The standard InChI is InChI=1S/C31H27ClN4O3S/c1-21-11-13-23(14-12-21)34-29(37)19-28-30(38)36(18-17-22-7-3-2-4-8-22)31(40-28)35-33-20-24-15-16-27(39-24)25-9-5-6-10-26(25)32/h2-16,20,28H,17-19H2,1H3,(H,34,37)/b33-20+,35-31-. The topological polar surface area (TPSA) is 87.3 Å². The molecule has 0 aliphatic carbocycles. The van der Waals surface area contributed by atoms with Crippen LogP contribution in [0.15, 0.2) is 106 Å². The van der Waals surface area contributed by atoms with Crippen LogP contribution in [0.2, 0.25) is 5.02 Å². The zero-order valence-corrected chi connectivity index (χ0v) is 23.4. The Bertz CT molecular complexity index is 1550. The summed E-state index contributed by atoms with van der Waals surface area (Å²) in [5.41, 5.74) is 3.68. The minimum absolute atomic E-state index is 0.0291. The van der Waals surface area contributed by atoms with Gasteiger partial charge < -0.3 is 9.73 Å². The Hall–Kier alpha value is -4.14. The van der Waals surface area contributed by atoms with Gasteiger partial charge in [-0.2, -0.15) is 5.10 Å². The van der Waals surface area contributed by atoms with Crippen LogP contribution < -0.4 is 5.32 Å². The molecule has 0 saturated carbocycles. The molecular formula is C31H27ClN4O3S. The Morgan fingerprint density at radius 2 is 1.77 bits per heavy atom. The number of thioether (sulfide) groups is 1. The van der Waals surface area contributed by atoms with Gasteiger partial charge in [-0.25, -0.2) is 0 Å². The molecule has 3 aromatic carbocycles. The lowest BCUT2D eigenvalue weighted by atomic mass is 10.1. The highest BCUT2D eigenvalue weighted by Gasteiger charge is 2.39. The molecular weight excluding hydrogens is 544 g/mol. The van der Waals surface area contributed by atoms with Crippen LogP contribution in [0.1, 0.15) is 23.3 Å². The summed E-state index contributed by atoms with van der Waals surface area (Å²) < 4.78 is 5.86. The molecule has 1 aromatic heterocycles. The van der Waals surface area contributed by atoms with Crippen molar-refractivity contribution in [2.75, 3.05) is 11.9 Å². The molecule has 1 atom stereocenters. The first-order valence-corrected chi connectivity index (χ1v) is 14.1. The number of carbonyl (C=O) groups excluding carboxylic acids is 2. The minimum atomic E-state index is -0.592. The van der Waals surface area contributed by atoms with E-state index in [2.05, 4.69) is 15.5 Å². The summed E-state index contributed by atoms with van der Waals surface area (Å²) in [6.45, 7) is 2.41. The molecule has 202 valence electrons. The third kappa shape index (κ3) is 6.89. The molecule has 9 heteroatoms. The highest BCUT2D eigenvalue weighted by Crippen LogP contribution is 2.31. The molecule has 0 bridgehead atoms. The van der Waals surface area contributed by atoms with E-state index in [4.69, 9.17) is 16.0 Å². The fourth-order valence-corrected chi connectivity index (χ4v) is 5.54. The van der Waals surface area contributed by atoms with Crippen LogP contribution in [0.25, 0.3) is 11.3 Å². The number of carbonyl (C=O) groups is 2. The van der Waals surface area contributed by atoms with E-state index in [1.54, 1.807) is 17.0 Å². The Kier molecular flexibility index (Phi) is 8.78. The lowest BCUT2D eigenvalue weighted by Crippen LogP contribution is -2.35. The van der Waals surface area contributed by atoms with Gasteiger partial charge in [0.2, 0.25) is 11.8 Å². The molecule has 7 nitrogen and oxygen atoms in total. The fraction of sp³-hybridized carbons (Fsp3) is 0.161. The molecule has 1 saturated heterocycles. The molecule has 2 heterocycles. The second-order valence-corrected chi connectivity index (χ2v) is 10.8. The zero-order valence-electron chi connectivity index (χ0n) is 21.8. The van der Waals surface area contributed by atoms with E-state index in [1.165, 1.54) is 18.0 Å². The number of hydrogen-bond acceptors (Lipinski definition) is 6. The average Bonchev–Trinajstić information content (AvgIpc) is 3.54. The first-order valence-electron chi connectivity index (χ1n) is 12.8. The number of aryl methyl sites for hydroxylation is 1. The number of hydrogen-bond donors (Lipinski definition) is 1. The first kappa shape index (κ1) is 27.4. The smallest absolute Gasteiger partial charge is 0.242 e. The van der Waals surface area contributed by atoms with Gasteiger partial charge in [-0.15, -0.1) is 5.10 Å². The Morgan fingerprint density at radius 1 is 1.02 bits per heavy atom. The van der Waals surface area contributed by atoms with Gasteiger partial charge in [0.05, 0.1) is 11.2 Å². The Morgan fingerprint density at radius 3 is 2.55 bits per heavy atom. The van der Waals surface area contributed by atoms with E-state index in [1.807, 2.05) is 85.8 Å². The molecule has 40 heavy (non-hydrogen) atoms. The maximum Gasteiger partial charge on any atom is 0.242 e. The number of benzene rings is 3.